The van der Waals surface area contributed by atoms with E-state index in [4.69, 9.17) is 16.3 Å². The fourth-order valence-electron chi connectivity index (χ4n) is 3.88. The molecule has 0 spiro atoms. The Morgan fingerprint density at radius 3 is 2.44 bits per heavy atom. The average molecular weight is 496 g/mol. The molecule has 1 unspecified atom stereocenters. The summed E-state index contributed by atoms with van der Waals surface area (Å²) in [6.07, 6.45) is 8.93. The molecule has 178 valence electrons. The Hall–Kier alpha value is -4.62. The Morgan fingerprint density at radius 2 is 1.67 bits per heavy atom. The first-order chi connectivity index (χ1) is 17.7. The summed E-state index contributed by atoms with van der Waals surface area (Å²) in [5.74, 6) is 1.13. The Balaban J connectivity index is 1.36. The third-order valence-corrected chi connectivity index (χ3v) is 5.70. The van der Waals surface area contributed by atoms with Gasteiger partial charge in [-0.15, -0.1) is 0 Å². The molecule has 0 bridgehead atoms. The Morgan fingerprint density at radius 1 is 0.833 bits per heavy atom. The van der Waals surface area contributed by atoms with Gasteiger partial charge in [-0.25, -0.2) is 9.78 Å². The van der Waals surface area contributed by atoms with Gasteiger partial charge in [0.2, 0.25) is 0 Å². The number of hydrogen-bond donors (Lipinski definition) is 2. The molecule has 2 N–H and O–H groups in total. The number of pyridine rings is 1. The number of anilines is 2. The van der Waals surface area contributed by atoms with Crippen molar-refractivity contribution >= 4 is 29.0 Å². The minimum Gasteiger partial charge on any atom is -0.455 e. The number of nitrogens with zero attached hydrogens (tertiary/aromatic N) is 3. The first kappa shape index (κ1) is 23.1. The van der Waals surface area contributed by atoms with E-state index >= 15 is 0 Å². The fourth-order valence-corrected chi connectivity index (χ4v) is 4.05. The highest BCUT2D eigenvalue weighted by atomic mass is 35.5. The van der Waals surface area contributed by atoms with Gasteiger partial charge < -0.3 is 19.9 Å². The maximum absolute atomic E-state index is 12.9. The Labute approximate surface area is 213 Å². The smallest absolute Gasteiger partial charge is 0.323 e. The molecular formula is C28H22ClN5O2. The minimum absolute atomic E-state index is 0.126. The molecule has 36 heavy (non-hydrogen) atoms. The third-order valence-electron chi connectivity index (χ3n) is 5.47. The second-order valence-corrected chi connectivity index (χ2v) is 8.39. The van der Waals surface area contributed by atoms with Gasteiger partial charge in [0, 0.05) is 35.5 Å². The standard InChI is InChI=1S/C28H22ClN5O2/c29-22-9-10-26(36-24-7-2-1-3-8-24)25(18-22)33-28(35)32-23-6-4-5-21(17-23)27(34-16-15-31-19-34)20-11-13-30-14-12-20/h1-19,27H,(H2,32,33,35). The number of carbonyl (C=O) groups excluding carboxylic acids is 1. The van der Waals surface area contributed by atoms with Crippen molar-refractivity contribution in [2.75, 3.05) is 10.6 Å². The molecule has 2 amide bonds. The molecule has 0 radical (unpaired) electrons. The molecule has 0 saturated heterocycles. The first-order valence-corrected chi connectivity index (χ1v) is 11.6. The number of imidazole rings is 1. The monoisotopic (exact) mass is 495 g/mol. The van der Waals surface area contributed by atoms with E-state index in [1.807, 2.05) is 77.5 Å². The lowest BCUT2D eigenvalue weighted by Gasteiger charge is -2.20. The van der Waals surface area contributed by atoms with Gasteiger partial charge in [0.05, 0.1) is 18.1 Å². The average Bonchev–Trinajstić information content (AvgIpc) is 3.42. The normalized spacial score (nSPS) is 11.5. The number of benzene rings is 3. The molecule has 2 heterocycles. The summed E-state index contributed by atoms with van der Waals surface area (Å²) in [5, 5.41) is 6.23. The van der Waals surface area contributed by atoms with Gasteiger partial charge in [-0.1, -0.05) is 41.9 Å². The molecule has 3 aromatic carbocycles. The van der Waals surface area contributed by atoms with Crippen LogP contribution >= 0.6 is 11.6 Å². The molecule has 0 saturated carbocycles. The lowest BCUT2D eigenvalue weighted by Crippen LogP contribution is -2.20. The van der Waals surface area contributed by atoms with E-state index in [1.54, 1.807) is 43.1 Å². The molecule has 0 aliphatic heterocycles. The second-order valence-electron chi connectivity index (χ2n) is 7.95. The van der Waals surface area contributed by atoms with Crippen LogP contribution in [-0.2, 0) is 0 Å². The van der Waals surface area contributed by atoms with Gasteiger partial charge in [-0.3, -0.25) is 4.98 Å². The Kier molecular flexibility index (Phi) is 6.91. The van der Waals surface area contributed by atoms with Crippen molar-refractivity contribution in [3.63, 3.8) is 0 Å². The molecule has 7 nitrogen and oxygen atoms in total. The summed E-state index contributed by atoms with van der Waals surface area (Å²) in [6, 6.07) is 25.5. The van der Waals surface area contributed by atoms with Crippen LogP contribution in [0.1, 0.15) is 17.2 Å². The molecule has 1 atom stereocenters. The van der Waals surface area contributed by atoms with Gasteiger partial charge in [0.1, 0.15) is 5.75 Å². The van der Waals surface area contributed by atoms with Gasteiger partial charge >= 0.3 is 6.03 Å². The molecular weight excluding hydrogens is 474 g/mol. The van der Waals surface area contributed by atoms with Gasteiger partial charge in [-0.2, -0.15) is 0 Å². The molecule has 0 fully saturated rings. The van der Waals surface area contributed by atoms with E-state index < -0.39 is 6.03 Å². The van der Waals surface area contributed by atoms with Crippen molar-refractivity contribution in [3.05, 3.63) is 132 Å². The molecule has 5 rings (SSSR count). The number of nitrogens with one attached hydrogen (secondary N) is 2. The van der Waals surface area contributed by atoms with Crippen LogP contribution in [0.3, 0.4) is 0 Å². The predicted molar refractivity (Wildman–Crippen MR) is 141 cm³/mol. The zero-order valence-electron chi connectivity index (χ0n) is 19.1. The van der Waals surface area contributed by atoms with Crippen LogP contribution in [0.4, 0.5) is 16.2 Å². The van der Waals surface area contributed by atoms with Crippen molar-refractivity contribution in [2.24, 2.45) is 0 Å². The first-order valence-electron chi connectivity index (χ1n) is 11.2. The zero-order valence-corrected chi connectivity index (χ0v) is 19.8. The maximum Gasteiger partial charge on any atom is 0.323 e. The van der Waals surface area contributed by atoms with Crippen molar-refractivity contribution in [1.82, 2.24) is 14.5 Å². The molecule has 2 aromatic heterocycles. The minimum atomic E-state index is -0.421. The summed E-state index contributed by atoms with van der Waals surface area (Å²) in [6.45, 7) is 0. The fraction of sp³-hybridized carbons (Fsp3) is 0.0357. The van der Waals surface area contributed by atoms with Crippen LogP contribution in [0.25, 0.3) is 0 Å². The van der Waals surface area contributed by atoms with Crippen molar-refractivity contribution in [3.8, 4) is 11.5 Å². The number of para-hydroxylation sites is 1. The van der Waals surface area contributed by atoms with Crippen LogP contribution in [0.5, 0.6) is 11.5 Å². The van der Waals surface area contributed by atoms with Crippen LogP contribution in [0.2, 0.25) is 5.02 Å². The van der Waals surface area contributed by atoms with Gasteiger partial charge in [0.15, 0.2) is 5.75 Å². The van der Waals surface area contributed by atoms with E-state index in [1.165, 1.54) is 0 Å². The molecule has 5 aromatic rings. The lowest BCUT2D eigenvalue weighted by atomic mass is 9.99. The topological polar surface area (TPSA) is 81.1 Å². The summed E-state index contributed by atoms with van der Waals surface area (Å²) >= 11 is 6.19. The van der Waals surface area contributed by atoms with Crippen LogP contribution in [0.15, 0.2) is 116 Å². The highest BCUT2D eigenvalue weighted by Gasteiger charge is 2.17. The van der Waals surface area contributed by atoms with Crippen molar-refractivity contribution in [2.45, 2.75) is 6.04 Å². The van der Waals surface area contributed by atoms with Crippen LogP contribution in [0, 0.1) is 0 Å². The number of carbonyl (C=O) groups is 1. The molecule has 0 aliphatic carbocycles. The number of rotatable bonds is 7. The highest BCUT2D eigenvalue weighted by molar-refractivity contribution is 6.31. The number of hydrogen-bond acceptors (Lipinski definition) is 4. The van der Waals surface area contributed by atoms with Crippen LogP contribution < -0.4 is 15.4 Å². The number of aromatic nitrogens is 3. The molecule has 8 heteroatoms. The van der Waals surface area contributed by atoms with Crippen molar-refractivity contribution in [1.29, 1.82) is 0 Å². The van der Waals surface area contributed by atoms with Gasteiger partial charge in [-0.05, 0) is 65.7 Å². The van der Waals surface area contributed by atoms with Crippen molar-refractivity contribution < 1.29 is 9.53 Å². The number of urea groups is 1. The number of amides is 2. The number of ether oxygens (including phenoxy) is 1. The van der Waals surface area contributed by atoms with E-state index in [0.717, 1.165) is 11.1 Å². The van der Waals surface area contributed by atoms with Crippen LogP contribution in [-0.4, -0.2) is 20.6 Å². The van der Waals surface area contributed by atoms with E-state index in [0.29, 0.717) is 27.9 Å². The predicted octanol–water partition coefficient (Wildman–Crippen LogP) is 7.01. The summed E-state index contributed by atoms with van der Waals surface area (Å²) in [5.41, 5.74) is 3.11. The lowest BCUT2D eigenvalue weighted by molar-refractivity contribution is 0.262. The van der Waals surface area contributed by atoms with E-state index in [9.17, 15) is 4.79 Å². The quantitative estimate of drug-likeness (QED) is 0.254. The summed E-state index contributed by atoms with van der Waals surface area (Å²) in [4.78, 5) is 21.3. The molecule has 0 aliphatic rings. The Bertz CT molecular complexity index is 1440. The number of halogens is 1. The maximum atomic E-state index is 12.9. The van der Waals surface area contributed by atoms with E-state index in [-0.39, 0.29) is 6.04 Å². The zero-order chi connectivity index (χ0) is 24.7. The summed E-state index contributed by atoms with van der Waals surface area (Å²) in [7, 11) is 0. The second kappa shape index (κ2) is 10.8. The van der Waals surface area contributed by atoms with E-state index in [2.05, 4.69) is 20.6 Å². The SMILES string of the molecule is O=C(Nc1cccc(C(c2ccncc2)n2ccnc2)c1)Nc1cc(Cl)ccc1Oc1ccccc1. The largest absolute Gasteiger partial charge is 0.455 e. The highest BCUT2D eigenvalue weighted by Crippen LogP contribution is 2.32. The summed E-state index contributed by atoms with van der Waals surface area (Å²) < 4.78 is 7.95. The third kappa shape index (κ3) is 5.54. The van der Waals surface area contributed by atoms with Gasteiger partial charge in [0.25, 0.3) is 0 Å².